The first-order valence-electron chi connectivity index (χ1n) is 8.04. The van der Waals surface area contributed by atoms with E-state index in [0.717, 1.165) is 9.35 Å². The van der Waals surface area contributed by atoms with Gasteiger partial charge in [0.1, 0.15) is 5.69 Å². The van der Waals surface area contributed by atoms with E-state index >= 15 is 0 Å². The number of nitrogen functional groups attached to an aromatic ring is 1. The lowest BCUT2D eigenvalue weighted by atomic mass is 10.1. The summed E-state index contributed by atoms with van der Waals surface area (Å²) in [5.41, 5.74) is 6.72. The van der Waals surface area contributed by atoms with Crippen LogP contribution in [0.2, 0.25) is 0 Å². The van der Waals surface area contributed by atoms with Crippen molar-refractivity contribution in [1.29, 1.82) is 0 Å². The number of H-pyrrole nitrogens is 1. The summed E-state index contributed by atoms with van der Waals surface area (Å²) in [6.07, 6.45) is 0. The molecule has 0 aliphatic heterocycles. The predicted molar refractivity (Wildman–Crippen MR) is 105 cm³/mol. The maximum absolute atomic E-state index is 13.3. The number of nitrogens with zero attached hydrogens (tertiary/aromatic N) is 4. The summed E-state index contributed by atoms with van der Waals surface area (Å²) < 4.78 is 2.21. The summed E-state index contributed by atoms with van der Waals surface area (Å²) in [5.74, 6) is 0.248. The highest BCUT2D eigenvalue weighted by atomic mass is 32.1. The van der Waals surface area contributed by atoms with Gasteiger partial charge in [-0.3, -0.25) is 14.7 Å². The van der Waals surface area contributed by atoms with Gasteiger partial charge in [-0.05, 0) is 43.4 Å². The molecule has 0 amide bonds. The van der Waals surface area contributed by atoms with E-state index in [9.17, 15) is 9.59 Å². The fourth-order valence-corrected chi connectivity index (χ4v) is 3.04. The number of hydrogen-bond acceptors (Lipinski definition) is 6. The monoisotopic (exact) mass is 378 g/mol. The zero-order valence-electron chi connectivity index (χ0n) is 14.2. The Balaban J connectivity index is 2.24. The molecule has 0 saturated heterocycles. The minimum absolute atomic E-state index is 0.0186. The van der Waals surface area contributed by atoms with Crippen molar-refractivity contribution in [3.63, 3.8) is 0 Å². The molecule has 0 bridgehead atoms. The number of rotatable bonds is 2. The van der Waals surface area contributed by atoms with Crippen molar-refractivity contribution in [2.24, 2.45) is 0 Å². The first kappa shape index (κ1) is 16.9. The molecule has 134 valence electrons. The van der Waals surface area contributed by atoms with Gasteiger partial charge in [0.25, 0.3) is 11.1 Å². The van der Waals surface area contributed by atoms with Crippen molar-refractivity contribution in [1.82, 2.24) is 24.5 Å². The molecule has 0 saturated carbocycles. The third-order valence-corrected chi connectivity index (χ3v) is 4.38. The predicted octanol–water partition coefficient (Wildman–Crippen LogP) is 1.88. The molecular weight excluding hydrogens is 364 g/mol. The second-order valence-corrected chi connectivity index (χ2v) is 6.31. The van der Waals surface area contributed by atoms with Crippen molar-refractivity contribution in [2.45, 2.75) is 6.92 Å². The molecule has 3 N–H and O–H groups in total. The smallest absolute Gasteiger partial charge is 0.295 e. The average molecular weight is 378 g/mol. The van der Waals surface area contributed by atoms with Crippen LogP contribution in [0, 0.1) is 11.7 Å². The number of benzene rings is 2. The molecule has 2 heterocycles. The topological polar surface area (TPSA) is 112 Å². The number of nitrogens with one attached hydrogen (secondary N) is 1. The van der Waals surface area contributed by atoms with E-state index < -0.39 is 11.1 Å². The molecule has 9 heteroatoms. The molecule has 4 aromatic rings. The Labute approximate surface area is 157 Å². The highest BCUT2D eigenvalue weighted by molar-refractivity contribution is 7.71. The maximum atomic E-state index is 13.3. The average Bonchev–Trinajstić information content (AvgIpc) is 2.66. The molecule has 0 unspecified atom stereocenters. The fourth-order valence-electron chi connectivity index (χ4n) is 2.83. The largest absolute Gasteiger partial charge is 0.399 e. The Morgan fingerprint density at radius 2 is 1.81 bits per heavy atom. The molecule has 0 aliphatic rings. The lowest BCUT2D eigenvalue weighted by Gasteiger charge is -2.15. The standard InChI is InChI=1S/C18H14N6O2S/c1-10-16(25)24(18(27)22-21-10)23-15(11-5-4-6-12(19)9-11)20-14-8-3-2-7-13(14)17(23)26/h2-9H,19H2,1H3,(H,22,27). The van der Waals surface area contributed by atoms with Gasteiger partial charge in [-0.1, -0.05) is 24.3 Å². The van der Waals surface area contributed by atoms with E-state index in [-0.39, 0.29) is 16.3 Å². The van der Waals surface area contributed by atoms with Gasteiger partial charge < -0.3 is 5.73 Å². The van der Waals surface area contributed by atoms with E-state index in [1.807, 2.05) is 0 Å². The van der Waals surface area contributed by atoms with E-state index in [0.29, 0.717) is 22.2 Å². The zero-order valence-corrected chi connectivity index (χ0v) is 15.0. The second kappa shape index (κ2) is 6.29. The Hall–Kier alpha value is -3.59. The third kappa shape index (κ3) is 2.74. The Morgan fingerprint density at radius 3 is 2.59 bits per heavy atom. The molecule has 0 spiro atoms. The minimum Gasteiger partial charge on any atom is -0.399 e. The molecule has 2 aromatic heterocycles. The first-order valence-corrected chi connectivity index (χ1v) is 8.45. The van der Waals surface area contributed by atoms with Gasteiger partial charge in [0, 0.05) is 11.3 Å². The van der Waals surface area contributed by atoms with Crippen LogP contribution < -0.4 is 16.9 Å². The van der Waals surface area contributed by atoms with Gasteiger partial charge in [-0.25, -0.2) is 4.98 Å². The van der Waals surface area contributed by atoms with E-state index in [1.165, 1.54) is 6.92 Å². The summed E-state index contributed by atoms with van der Waals surface area (Å²) in [5, 5.41) is 6.81. The van der Waals surface area contributed by atoms with Crippen molar-refractivity contribution >= 4 is 28.8 Å². The highest BCUT2D eigenvalue weighted by Gasteiger charge is 2.17. The van der Waals surface area contributed by atoms with Gasteiger partial charge in [0.15, 0.2) is 5.82 Å². The van der Waals surface area contributed by atoms with Crippen molar-refractivity contribution < 1.29 is 0 Å². The molecule has 0 radical (unpaired) electrons. The SMILES string of the molecule is Cc1n[nH]c(=S)n(-n2c(-c3cccc(N)c3)nc3ccccc3c2=O)c1=O. The molecule has 0 fully saturated rings. The first-order chi connectivity index (χ1) is 13.0. The molecular formula is C18H14N6O2S. The molecule has 0 aliphatic carbocycles. The van der Waals surface area contributed by atoms with Crippen molar-refractivity contribution in [2.75, 3.05) is 5.73 Å². The molecule has 2 aromatic carbocycles. The van der Waals surface area contributed by atoms with Gasteiger partial charge in [-0.2, -0.15) is 14.5 Å². The summed E-state index contributed by atoms with van der Waals surface area (Å²) in [6, 6.07) is 13.8. The van der Waals surface area contributed by atoms with Gasteiger partial charge in [0.2, 0.25) is 4.77 Å². The molecule has 8 nitrogen and oxygen atoms in total. The number of aromatic nitrogens is 5. The van der Waals surface area contributed by atoms with Crippen molar-refractivity contribution in [3.05, 3.63) is 79.7 Å². The molecule has 0 atom stereocenters. The van der Waals surface area contributed by atoms with Crippen LogP contribution in [-0.2, 0) is 0 Å². The number of fused-ring (bicyclic) bond motifs is 1. The Bertz CT molecular complexity index is 1370. The van der Waals surface area contributed by atoms with Crippen LogP contribution in [0.25, 0.3) is 22.3 Å². The van der Waals surface area contributed by atoms with Crippen molar-refractivity contribution in [3.8, 4) is 11.4 Å². The summed E-state index contributed by atoms with van der Waals surface area (Å²) in [4.78, 5) is 30.6. The maximum Gasteiger partial charge on any atom is 0.295 e. The number of aryl methyl sites for hydroxylation is 1. The fraction of sp³-hybridized carbons (Fsp3) is 0.0556. The van der Waals surface area contributed by atoms with Crippen LogP contribution in [0.1, 0.15) is 5.69 Å². The highest BCUT2D eigenvalue weighted by Crippen LogP contribution is 2.21. The Morgan fingerprint density at radius 1 is 1.04 bits per heavy atom. The third-order valence-electron chi connectivity index (χ3n) is 4.11. The summed E-state index contributed by atoms with van der Waals surface area (Å²) >= 11 is 5.23. The van der Waals surface area contributed by atoms with E-state index in [2.05, 4.69) is 15.2 Å². The van der Waals surface area contributed by atoms with Crippen LogP contribution in [0.5, 0.6) is 0 Å². The second-order valence-electron chi connectivity index (χ2n) is 5.93. The van der Waals surface area contributed by atoms with Crippen LogP contribution in [-0.4, -0.2) is 24.5 Å². The number of aromatic amines is 1. The van der Waals surface area contributed by atoms with Crippen LogP contribution >= 0.6 is 12.2 Å². The number of para-hydroxylation sites is 1. The number of anilines is 1. The number of hydrogen-bond donors (Lipinski definition) is 2. The van der Waals surface area contributed by atoms with Crippen LogP contribution in [0.3, 0.4) is 0 Å². The lowest BCUT2D eigenvalue weighted by molar-refractivity contribution is 0.564. The Kier molecular flexibility index (Phi) is 3.93. The molecule has 4 rings (SSSR count). The zero-order chi connectivity index (χ0) is 19.1. The van der Waals surface area contributed by atoms with Gasteiger partial charge in [0.05, 0.1) is 10.9 Å². The summed E-state index contributed by atoms with van der Waals surface area (Å²) in [7, 11) is 0. The van der Waals surface area contributed by atoms with E-state index in [4.69, 9.17) is 18.0 Å². The number of nitrogens with two attached hydrogens (primary N) is 1. The van der Waals surface area contributed by atoms with Crippen LogP contribution in [0.4, 0.5) is 5.69 Å². The van der Waals surface area contributed by atoms with E-state index in [1.54, 1.807) is 48.5 Å². The van der Waals surface area contributed by atoms with Gasteiger partial charge >= 0.3 is 0 Å². The lowest BCUT2D eigenvalue weighted by Crippen LogP contribution is -2.39. The minimum atomic E-state index is -0.511. The quantitative estimate of drug-likeness (QED) is 0.407. The van der Waals surface area contributed by atoms with Gasteiger partial charge in [-0.15, -0.1) is 0 Å². The summed E-state index contributed by atoms with van der Waals surface area (Å²) in [6.45, 7) is 1.53. The molecule has 27 heavy (non-hydrogen) atoms. The van der Waals surface area contributed by atoms with Crippen LogP contribution in [0.15, 0.2) is 58.1 Å². The normalized spacial score (nSPS) is 11.0.